The zero-order valence-electron chi connectivity index (χ0n) is 9.85. The molecule has 0 bridgehead atoms. The average Bonchev–Trinajstić information content (AvgIpc) is 2.76. The van der Waals surface area contributed by atoms with Gasteiger partial charge in [0.1, 0.15) is 5.75 Å². The predicted octanol–water partition coefficient (Wildman–Crippen LogP) is 2.81. The summed E-state index contributed by atoms with van der Waals surface area (Å²) in [5.74, 6) is 1.55. The van der Waals surface area contributed by atoms with Crippen LogP contribution in [0.2, 0.25) is 5.02 Å². The fraction of sp³-hybridized carbons (Fsp3) is 0.538. The fourth-order valence-electron chi connectivity index (χ4n) is 2.30. The van der Waals surface area contributed by atoms with Gasteiger partial charge in [0.15, 0.2) is 0 Å². The lowest BCUT2D eigenvalue weighted by Crippen LogP contribution is -2.10. The van der Waals surface area contributed by atoms with Crippen LogP contribution in [0.4, 0.5) is 0 Å². The molecule has 1 fully saturated rings. The minimum atomic E-state index is 0.732. The van der Waals surface area contributed by atoms with Gasteiger partial charge in [-0.2, -0.15) is 0 Å². The van der Waals surface area contributed by atoms with Crippen LogP contribution in [0.25, 0.3) is 0 Å². The molecule has 1 aromatic carbocycles. The van der Waals surface area contributed by atoms with Crippen LogP contribution in [0.15, 0.2) is 12.1 Å². The summed E-state index contributed by atoms with van der Waals surface area (Å²) in [5.41, 5.74) is 2.43. The first-order chi connectivity index (χ1) is 7.70. The van der Waals surface area contributed by atoms with Gasteiger partial charge in [-0.25, -0.2) is 0 Å². The zero-order chi connectivity index (χ0) is 11.5. The van der Waals surface area contributed by atoms with Crippen LogP contribution in [0.1, 0.15) is 17.5 Å². The molecule has 1 atom stereocenters. The molecule has 1 N–H and O–H groups in total. The second-order valence-corrected chi connectivity index (χ2v) is 4.87. The van der Waals surface area contributed by atoms with Crippen molar-refractivity contribution in [3.8, 4) is 5.75 Å². The molecule has 0 spiro atoms. The number of rotatable bonds is 3. The maximum atomic E-state index is 6.14. The largest absolute Gasteiger partial charge is 0.495 e. The van der Waals surface area contributed by atoms with Crippen LogP contribution >= 0.6 is 11.6 Å². The number of hydrogen-bond donors (Lipinski definition) is 1. The van der Waals surface area contributed by atoms with Crippen LogP contribution in [-0.2, 0) is 6.42 Å². The summed E-state index contributed by atoms with van der Waals surface area (Å²) in [4.78, 5) is 0. The molecule has 1 heterocycles. The van der Waals surface area contributed by atoms with E-state index in [9.17, 15) is 0 Å². The SMILES string of the molecule is COc1cc(CC2CCNC2)cc(C)c1Cl. The van der Waals surface area contributed by atoms with Gasteiger partial charge >= 0.3 is 0 Å². The van der Waals surface area contributed by atoms with E-state index < -0.39 is 0 Å². The monoisotopic (exact) mass is 239 g/mol. The van der Waals surface area contributed by atoms with Crippen LogP contribution in [0, 0.1) is 12.8 Å². The molecule has 1 aromatic rings. The predicted molar refractivity (Wildman–Crippen MR) is 67.4 cm³/mol. The molecule has 2 nitrogen and oxygen atoms in total. The molecule has 3 heteroatoms. The molecule has 1 aliphatic rings. The van der Waals surface area contributed by atoms with Crippen molar-refractivity contribution in [3.63, 3.8) is 0 Å². The van der Waals surface area contributed by atoms with E-state index >= 15 is 0 Å². The molecule has 0 aliphatic carbocycles. The van der Waals surface area contributed by atoms with Gasteiger partial charge in [-0.3, -0.25) is 0 Å². The second kappa shape index (κ2) is 5.07. The summed E-state index contributed by atoms with van der Waals surface area (Å²) in [6.07, 6.45) is 2.38. The van der Waals surface area contributed by atoms with Crippen molar-refractivity contribution in [3.05, 3.63) is 28.3 Å². The van der Waals surface area contributed by atoms with Crippen LogP contribution < -0.4 is 10.1 Å². The van der Waals surface area contributed by atoms with Crippen molar-refractivity contribution < 1.29 is 4.74 Å². The molecule has 2 rings (SSSR count). The number of aryl methyl sites for hydroxylation is 1. The van der Waals surface area contributed by atoms with E-state index in [2.05, 4.69) is 17.4 Å². The van der Waals surface area contributed by atoms with E-state index in [1.807, 2.05) is 6.92 Å². The topological polar surface area (TPSA) is 21.3 Å². The molecule has 88 valence electrons. The van der Waals surface area contributed by atoms with Crippen molar-refractivity contribution in [2.24, 2.45) is 5.92 Å². The molecule has 0 radical (unpaired) electrons. The van der Waals surface area contributed by atoms with Gasteiger partial charge in [0.2, 0.25) is 0 Å². The molecule has 0 aromatic heterocycles. The highest BCUT2D eigenvalue weighted by atomic mass is 35.5. The van der Waals surface area contributed by atoms with Crippen molar-refractivity contribution >= 4 is 11.6 Å². The second-order valence-electron chi connectivity index (χ2n) is 4.49. The van der Waals surface area contributed by atoms with E-state index in [1.165, 1.54) is 12.0 Å². The van der Waals surface area contributed by atoms with Gasteiger partial charge in [-0.05, 0) is 56.0 Å². The zero-order valence-corrected chi connectivity index (χ0v) is 10.6. The average molecular weight is 240 g/mol. The summed E-state index contributed by atoms with van der Waals surface area (Å²) in [7, 11) is 1.67. The van der Waals surface area contributed by atoms with Crippen LogP contribution in [0.3, 0.4) is 0 Å². The van der Waals surface area contributed by atoms with Gasteiger partial charge < -0.3 is 10.1 Å². The summed E-state index contributed by atoms with van der Waals surface area (Å²) in [6.45, 7) is 4.31. The molecule has 1 aliphatic heterocycles. The number of methoxy groups -OCH3 is 1. The molecule has 1 saturated heterocycles. The molecule has 1 unspecified atom stereocenters. The molecule has 0 amide bonds. The van der Waals surface area contributed by atoms with Crippen molar-refractivity contribution in [1.82, 2.24) is 5.32 Å². The highest BCUT2D eigenvalue weighted by Crippen LogP contribution is 2.30. The number of nitrogens with one attached hydrogen (secondary N) is 1. The van der Waals surface area contributed by atoms with Gasteiger partial charge in [0.25, 0.3) is 0 Å². The Labute approximate surface area is 102 Å². The number of ether oxygens (including phenoxy) is 1. The third kappa shape index (κ3) is 2.50. The summed E-state index contributed by atoms with van der Waals surface area (Å²) < 4.78 is 5.28. The number of halogens is 1. The Morgan fingerprint density at radius 2 is 2.31 bits per heavy atom. The lowest BCUT2D eigenvalue weighted by Gasteiger charge is -2.12. The maximum Gasteiger partial charge on any atom is 0.137 e. The first-order valence-corrected chi connectivity index (χ1v) is 6.12. The van der Waals surface area contributed by atoms with Gasteiger partial charge in [0, 0.05) is 0 Å². The number of benzene rings is 1. The molecule has 16 heavy (non-hydrogen) atoms. The van der Waals surface area contributed by atoms with Gasteiger partial charge in [0.05, 0.1) is 12.1 Å². The van der Waals surface area contributed by atoms with Crippen LogP contribution in [-0.4, -0.2) is 20.2 Å². The number of hydrogen-bond acceptors (Lipinski definition) is 2. The highest BCUT2D eigenvalue weighted by Gasteiger charge is 2.16. The Kier molecular flexibility index (Phi) is 3.72. The Morgan fingerprint density at radius 1 is 1.50 bits per heavy atom. The van der Waals surface area contributed by atoms with Gasteiger partial charge in [-0.1, -0.05) is 17.7 Å². The van der Waals surface area contributed by atoms with Gasteiger partial charge in [-0.15, -0.1) is 0 Å². The van der Waals surface area contributed by atoms with Crippen molar-refractivity contribution in [2.45, 2.75) is 19.8 Å². The van der Waals surface area contributed by atoms with Crippen molar-refractivity contribution in [1.29, 1.82) is 0 Å². The van der Waals surface area contributed by atoms with E-state index in [-0.39, 0.29) is 0 Å². The smallest absolute Gasteiger partial charge is 0.137 e. The molecular weight excluding hydrogens is 222 g/mol. The molecule has 0 saturated carbocycles. The van der Waals surface area contributed by atoms with E-state index in [1.54, 1.807) is 7.11 Å². The Balaban J connectivity index is 2.17. The first-order valence-electron chi connectivity index (χ1n) is 5.74. The summed E-state index contributed by atoms with van der Waals surface area (Å²) >= 11 is 6.14. The summed E-state index contributed by atoms with van der Waals surface area (Å²) in [6, 6.07) is 4.23. The molecular formula is C13H18ClNO. The highest BCUT2D eigenvalue weighted by molar-refractivity contribution is 6.32. The lowest BCUT2D eigenvalue weighted by molar-refractivity contribution is 0.413. The van der Waals surface area contributed by atoms with Crippen LogP contribution in [0.5, 0.6) is 5.75 Å². The van der Waals surface area contributed by atoms with E-state index in [4.69, 9.17) is 16.3 Å². The van der Waals surface area contributed by atoms with Crippen molar-refractivity contribution in [2.75, 3.05) is 20.2 Å². The lowest BCUT2D eigenvalue weighted by atomic mass is 9.97. The quantitative estimate of drug-likeness (QED) is 0.876. The van der Waals surface area contributed by atoms with E-state index in [0.29, 0.717) is 0 Å². The Bertz CT molecular complexity index is 372. The van der Waals surface area contributed by atoms with E-state index in [0.717, 1.165) is 41.8 Å². The minimum Gasteiger partial charge on any atom is -0.495 e. The standard InChI is InChI=1S/C13H18ClNO/c1-9-5-11(6-10-3-4-15-8-10)7-12(16-2)13(9)14/h5,7,10,15H,3-4,6,8H2,1-2H3. The Hall–Kier alpha value is -0.730. The minimum absolute atomic E-state index is 0.732. The third-order valence-electron chi connectivity index (χ3n) is 3.19. The summed E-state index contributed by atoms with van der Waals surface area (Å²) in [5, 5.41) is 4.12. The maximum absolute atomic E-state index is 6.14. The Morgan fingerprint density at radius 3 is 2.94 bits per heavy atom. The first kappa shape index (κ1) is 11.7. The fourth-order valence-corrected chi connectivity index (χ4v) is 2.48. The third-order valence-corrected chi connectivity index (χ3v) is 3.67. The normalized spacial score (nSPS) is 20.1.